The number of hydrogen-bond acceptors (Lipinski definition) is 5. The Morgan fingerprint density at radius 3 is 2.55 bits per heavy atom. The average Bonchev–Trinajstić information content (AvgIpc) is 2.47. The number of nitrogens with zero attached hydrogens (tertiary/aromatic N) is 3. The lowest BCUT2D eigenvalue weighted by molar-refractivity contribution is -0.384. The predicted molar refractivity (Wildman–Crippen MR) is 72.2 cm³/mol. The van der Waals surface area contributed by atoms with Crippen LogP contribution in [-0.4, -0.2) is 20.8 Å². The van der Waals surface area contributed by atoms with Crippen LogP contribution in [-0.2, 0) is 4.79 Å². The molecule has 1 aromatic heterocycles. The van der Waals surface area contributed by atoms with Crippen LogP contribution in [0, 0.1) is 10.1 Å². The number of amides is 1. The first-order valence-corrected chi connectivity index (χ1v) is 5.89. The fraction of sp³-hybridized carbons (Fsp3) is 0.154. The van der Waals surface area contributed by atoms with E-state index in [-0.39, 0.29) is 11.6 Å². The smallest absolute Gasteiger partial charge is 0.269 e. The van der Waals surface area contributed by atoms with Gasteiger partial charge in [0.15, 0.2) is 0 Å². The number of carbonyl (C=O) groups excluding carboxylic acids is 1. The minimum Gasteiger partial charge on any atom is -0.310 e. The van der Waals surface area contributed by atoms with Gasteiger partial charge in [0.1, 0.15) is 12.1 Å². The number of nitro groups is 1. The zero-order chi connectivity index (χ0) is 14.5. The molecule has 0 bridgehead atoms. The van der Waals surface area contributed by atoms with Crippen LogP contribution in [0.3, 0.4) is 0 Å². The van der Waals surface area contributed by atoms with Gasteiger partial charge in [-0.3, -0.25) is 14.9 Å². The van der Waals surface area contributed by atoms with Crippen molar-refractivity contribution in [2.75, 3.05) is 5.32 Å². The van der Waals surface area contributed by atoms with Crippen molar-refractivity contribution < 1.29 is 9.72 Å². The second-order valence-corrected chi connectivity index (χ2v) is 4.15. The van der Waals surface area contributed by atoms with Gasteiger partial charge in [-0.1, -0.05) is 12.1 Å². The molecule has 7 heteroatoms. The topological polar surface area (TPSA) is 98.0 Å². The minimum atomic E-state index is -0.477. The maximum Gasteiger partial charge on any atom is 0.269 e. The van der Waals surface area contributed by atoms with Crippen LogP contribution in [0.2, 0.25) is 0 Å². The molecule has 0 aliphatic carbocycles. The van der Waals surface area contributed by atoms with E-state index in [1.807, 2.05) is 0 Å². The van der Waals surface area contributed by atoms with E-state index in [0.717, 1.165) is 0 Å². The highest BCUT2D eigenvalue weighted by molar-refractivity contribution is 5.94. The molecule has 0 radical (unpaired) electrons. The normalized spacial score (nSPS) is 11.7. The molecule has 20 heavy (non-hydrogen) atoms. The Hall–Kier alpha value is -2.83. The Balaban J connectivity index is 2.08. The lowest BCUT2D eigenvalue weighted by Gasteiger charge is -2.11. The summed E-state index contributed by atoms with van der Waals surface area (Å²) in [6, 6.07) is 7.48. The Morgan fingerprint density at radius 2 is 2.00 bits per heavy atom. The lowest BCUT2D eigenvalue weighted by Crippen LogP contribution is -2.19. The maximum absolute atomic E-state index is 12.0. The lowest BCUT2D eigenvalue weighted by atomic mass is 10.00. The Morgan fingerprint density at radius 1 is 1.30 bits per heavy atom. The van der Waals surface area contributed by atoms with Gasteiger partial charge in [-0.2, -0.15) is 0 Å². The summed E-state index contributed by atoms with van der Waals surface area (Å²) in [5.74, 6) is -0.262. The van der Waals surface area contributed by atoms with Gasteiger partial charge in [-0.15, -0.1) is 0 Å². The third kappa shape index (κ3) is 3.14. The molecule has 2 aromatic rings. The summed E-state index contributed by atoms with van der Waals surface area (Å²) in [6.45, 7) is 1.72. The van der Waals surface area contributed by atoms with Gasteiger partial charge in [0, 0.05) is 18.3 Å². The molecule has 1 aromatic carbocycles. The van der Waals surface area contributed by atoms with E-state index in [2.05, 4.69) is 15.3 Å². The second-order valence-electron chi connectivity index (χ2n) is 4.15. The van der Waals surface area contributed by atoms with E-state index in [4.69, 9.17) is 0 Å². The number of hydrogen-bond donors (Lipinski definition) is 1. The van der Waals surface area contributed by atoms with E-state index in [1.54, 1.807) is 25.1 Å². The largest absolute Gasteiger partial charge is 0.310 e. The first kappa shape index (κ1) is 13.6. The summed E-state index contributed by atoms with van der Waals surface area (Å²) >= 11 is 0. The summed E-state index contributed by atoms with van der Waals surface area (Å²) in [5, 5.41) is 13.2. The van der Waals surface area contributed by atoms with Crippen molar-refractivity contribution >= 4 is 17.4 Å². The van der Waals surface area contributed by atoms with Crippen molar-refractivity contribution in [1.29, 1.82) is 0 Å². The number of benzene rings is 1. The van der Waals surface area contributed by atoms with Crippen LogP contribution in [0.25, 0.3) is 0 Å². The van der Waals surface area contributed by atoms with Crippen LogP contribution < -0.4 is 5.32 Å². The number of non-ortho nitro benzene ring substituents is 1. The molecule has 0 saturated heterocycles. The monoisotopic (exact) mass is 272 g/mol. The average molecular weight is 272 g/mol. The number of rotatable bonds is 4. The number of anilines is 1. The first-order valence-electron chi connectivity index (χ1n) is 5.89. The van der Waals surface area contributed by atoms with E-state index < -0.39 is 10.8 Å². The standard InChI is InChI=1S/C13H12N4O3/c1-9(10-2-4-11(5-3-10)17(19)20)13(18)16-12-6-7-14-8-15-12/h2-9H,1H3,(H,14,15,16,18). The molecule has 102 valence electrons. The van der Waals surface area contributed by atoms with Crippen LogP contribution >= 0.6 is 0 Å². The molecule has 0 aliphatic rings. The first-order chi connectivity index (χ1) is 9.58. The predicted octanol–water partition coefficient (Wildman–Crippen LogP) is 2.13. The van der Waals surface area contributed by atoms with Gasteiger partial charge >= 0.3 is 0 Å². The highest BCUT2D eigenvalue weighted by atomic mass is 16.6. The molecule has 0 fully saturated rings. The van der Waals surface area contributed by atoms with Crippen molar-refractivity contribution in [2.45, 2.75) is 12.8 Å². The highest BCUT2D eigenvalue weighted by Gasteiger charge is 2.16. The van der Waals surface area contributed by atoms with E-state index in [0.29, 0.717) is 11.4 Å². The molecule has 0 spiro atoms. The van der Waals surface area contributed by atoms with Crippen LogP contribution in [0.5, 0.6) is 0 Å². The summed E-state index contributed by atoms with van der Waals surface area (Å²) in [4.78, 5) is 29.8. The van der Waals surface area contributed by atoms with E-state index >= 15 is 0 Å². The minimum absolute atomic E-state index is 0.00263. The van der Waals surface area contributed by atoms with Crippen molar-refractivity contribution in [3.05, 3.63) is 58.5 Å². The highest BCUT2D eigenvalue weighted by Crippen LogP contribution is 2.20. The van der Waals surface area contributed by atoms with E-state index in [1.165, 1.54) is 24.7 Å². The van der Waals surface area contributed by atoms with Gasteiger partial charge < -0.3 is 5.32 Å². The van der Waals surface area contributed by atoms with Crippen molar-refractivity contribution in [3.8, 4) is 0 Å². The Bertz CT molecular complexity index is 613. The van der Waals surface area contributed by atoms with Gasteiger partial charge in [-0.25, -0.2) is 9.97 Å². The van der Waals surface area contributed by atoms with Gasteiger partial charge in [-0.05, 0) is 18.6 Å². The van der Waals surface area contributed by atoms with Crippen LogP contribution in [0.4, 0.5) is 11.5 Å². The summed E-state index contributed by atoms with van der Waals surface area (Å²) in [7, 11) is 0. The molecule has 1 unspecified atom stereocenters. The van der Waals surface area contributed by atoms with Gasteiger partial charge in [0.05, 0.1) is 10.8 Å². The van der Waals surface area contributed by atoms with Gasteiger partial charge in [0.2, 0.25) is 5.91 Å². The number of aromatic nitrogens is 2. The van der Waals surface area contributed by atoms with E-state index in [9.17, 15) is 14.9 Å². The SMILES string of the molecule is CC(C(=O)Nc1ccncn1)c1ccc([N+](=O)[O-])cc1. The van der Waals surface area contributed by atoms with Crippen LogP contribution in [0.1, 0.15) is 18.4 Å². The zero-order valence-corrected chi connectivity index (χ0v) is 10.7. The molecule has 1 heterocycles. The van der Waals surface area contributed by atoms with Gasteiger partial charge in [0.25, 0.3) is 5.69 Å². The molecular formula is C13H12N4O3. The fourth-order valence-electron chi connectivity index (χ4n) is 1.64. The quantitative estimate of drug-likeness (QED) is 0.679. The zero-order valence-electron chi connectivity index (χ0n) is 10.7. The molecule has 1 N–H and O–H groups in total. The molecule has 0 saturated carbocycles. The summed E-state index contributed by atoms with van der Waals surface area (Å²) in [6.07, 6.45) is 2.87. The molecular weight excluding hydrogens is 260 g/mol. The number of carbonyl (C=O) groups is 1. The molecule has 2 rings (SSSR count). The summed E-state index contributed by atoms with van der Waals surface area (Å²) < 4.78 is 0. The molecule has 1 amide bonds. The summed E-state index contributed by atoms with van der Waals surface area (Å²) in [5.41, 5.74) is 0.694. The van der Waals surface area contributed by atoms with Crippen molar-refractivity contribution in [2.24, 2.45) is 0 Å². The molecule has 0 aliphatic heterocycles. The molecule has 7 nitrogen and oxygen atoms in total. The third-order valence-electron chi connectivity index (χ3n) is 2.83. The van der Waals surface area contributed by atoms with Crippen molar-refractivity contribution in [1.82, 2.24) is 9.97 Å². The third-order valence-corrected chi connectivity index (χ3v) is 2.83. The fourth-order valence-corrected chi connectivity index (χ4v) is 1.64. The number of nitro benzene ring substituents is 1. The Labute approximate surface area is 114 Å². The molecule has 1 atom stereocenters. The second kappa shape index (κ2) is 5.87. The maximum atomic E-state index is 12.0. The van der Waals surface area contributed by atoms with Crippen molar-refractivity contribution in [3.63, 3.8) is 0 Å². The van der Waals surface area contributed by atoms with Crippen LogP contribution in [0.15, 0.2) is 42.9 Å². The number of nitrogens with one attached hydrogen (secondary N) is 1. The Kier molecular flexibility index (Phi) is 3.99.